The molecule has 1 aliphatic carbocycles. The number of rotatable bonds is 2. The summed E-state index contributed by atoms with van der Waals surface area (Å²) < 4.78 is 5.52. The number of phenolic OH excluding ortho intramolecular Hbond substituents is 1. The van der Waals surface area contributed by atoms with Crippen LogP contribution in [0, 0.1) is 5.92 Å². The second kappa shape index (κ2) is 4.69. The van der Waals surface area contributed by atoms with E-state index < -0.39 is 11.6 Å². The van der Waals surface area contributed by atoms with Crippen LogP contribution in [0.3, 0.4) is 0 Å². The van der Waals surface area contributed by atoms with Gasteiger partial charge in [0.2, 0.25) is 0 Å². The Labute approximate surface area is 106 Å². The van der Waals surface area contributed by atoms with Crippen LogP contribution in [0.25, 0.3) is 0 Å². The van der Waals surface area contributed by atoms with E-state index in [1.807, 2.05) is 38.2 Å². The summed E-state index contributed by atoms with van der Waals surface area (Å²) in [6, 6.07) is 6.38. The van der Waals surface area contributed by atoms with Crippen LogP contribution in [0.1, 0.15) is 24.2 Å². The Morgan fingerprint density at radius 2 is 2.06 bits per heavy atom. The number of carbonyl (C=O) groups is 1. The molecule has 0 aliphatic heterocycles. The minimum Gasteiger partial charge on any atom is -0.507 e. The summed E-state index contributed by atoms with van der Waals surface area (Å²) in [6.45, 7) is 3.84. The Kier molecular flexibility index (Phi) is 3.24. The van der Waals surface area contributed by atoms with E-state index in [9.17, 15) is 9.90 Å². The molecule has 2 rings (SSSR count). The fraction of sp³-hybridized carbons (Fsp3) is 0.267. The van der Waals surface area contributed by atoms with Gasteiger partial charge in [-0.15, -0.1) is 0 Å². The van der Waals surface area contributed by atoms with Crippen molar-refractivity contribution in [2.45, 2.75) is 19.4 Å². The number of para-hydroxylation sites is 1. The van der Waals surface area contributed by atoms with Gasteiger partial charge in [0.1, 0.15) is 16.9 Å². The molecule has 3 heteroatoms. The largest absolute Gasteiger partial charge is 0.507 e. The maximum atomic E-state index is 12.0. The number of carbonyl (C=O) groups excluding carboxylic acids is 1. The van der Waals surface area contributed by atoms with Crippen molar-refractivity contribution in [1.82, 2.24) is 0 Å². The van der Waals surface area contributed by atoms with Crippen LogP contribution in [0.5, 0.6) is 5.75 Å². The molecule has 0 aromatic heterocycles. The maximum absolute atomic E-state index is 12.0. The molecule has 2 unspecified atom stereocenters. The second-order valence-corrected chi connectivity index (χ2v) is 4.62. The lowest BCUT2D eigenvalue weighted by atomic mass is 9.87. The number of benzene rings is 1. The van der Waals surface area contributed by atoms with E-state index in [-0.39, 0.29) is 17.2 Å². The Balaban J connectivity index is 2.20. The van der Waals surface area contributed by atoms with Crippen LogP contribution in [-0.2, 0) is 4.74 Å². The third-order valence-electron chi connectivity index (χ3n) is 3.28. The zero-order chi connectivity index (χ0) is 13.2. The Morgan fingerprint density at radius 3 is 2.72 bits per heavy atom. The molecule has 1 N–H and O–H groups in total. The molecule has 3 nitrogen and oxygen atoms in total. The van der Waals surface area contributed by atoms with Gasteiger partial charge < -0.3 is 9.84 Å². The van der Waals surface area contributed by atoms with Crippen LogP contribution in [0.2, 0.25) is 0 Å². The number of aromatic hydroxyl groups is 1. The number of hydrogen-bond acceptors (Lipinski definition) is 3. The average Bonchev–Trinajstić information content (AvgIpc) is 2.33. The van der Waals surface area contributed by atoms with Crippen LogP contribution in [-0.4, -0.2) is 16.7 Å². The minimum absolute atomic E-state index is 0.0610. The summed E-state index contributed by atoms with van der Waals surface area (Å²) in [4.78, 5) is 12.0. The number of allylic oxidation sites excluding steroid dienone is 2. The van der Waals surface area contributed by atoms with Gasteiger partial charge in [0.25, 0.3) is 0 Å². The van der Waals surface area contributed by atoms with Crippen molar-refractivity contribution < 1.29 is 14.6 Å². The summed E-state index contributed by atoms with van der Waals surface area (Å²) in [6.07, 6.45) is 7.63. The quantitative estimate of drug-likeness (QED) is 0.813. The number of hydrogen-bond donors (Lipinski definition) is 1. The molecular formula is C15H16O3. The van der Waals surface area contributed by atoms with Gasteiger partial charge in [0.05, 0.1) is 0 Å². The van der Waals surface area contributed by atoms with Crippen molar-refractivity contribution in [2.24, 2.45) is 5.92 Å². The van der Waals surface area contributed by atoms with E-state index in [2.05, 4.69) is 0 Å². The van der Waals surface area contributed by atoms with E-state index in [1.54, 1.807) is 18.2 Å². The first-order valence-electron chi connectivity index (χ1n) is 5.90. The summed E-state index contributed by atoms with van der Waals surface area (Å²) in [5.74, 6) is -0.478. The lowest BCUT2D eigenvalue weighted by Crippen LogP contribution is -2.36. The molecule has 2 atom stereocenters. The van der Waals surface area contributed by atoms with Crippen LogP contribution in [0.15, 0.2) is 48.6 Å². The lowest BCUT2D eigenvalue weighted by Gasteiger charge is -2.32. The summed E-state index contributed by atoms with van der Waals surface area (Å²) >= 11 is 0. The molecule has 0 saturated carbocycles. The van der Waals surface area contributed by atoms with Crippen molar-refractivity contribution in [3.8, 4) is 5.75 Å². The van der Waals surface area contributed by atoms with Crippen molar-refractivity contribution in [2.75, 3.05) is 0 Å². The molecule has 0 bridgehead atoms. The fourth-order valence-electron chi connectivity index (χ4n) is 1.85. The standard InChI is InChI=1S/C15H16O3/c1-11-7-5-6-10-15(11,2)18-14(17)12-8-3-4-9-13(12)16/h3-11,16H,1-2H3. The van der Waals surface area contributed by atoms with E-state index in [0.717, 1.165) is 0 Å². The van der Waals surface area contributed by atoms with Gasteiger partial charge in [-0.05, 0) is 25.1 Å². The first-order valence-corrected chi connectivity index (χ1v) is 5.90. The minimum atomic E-state index is -0.673. The highest BCUT2D eigenvalue weighted by Crippen LogP contribution is 2.30. The predicted molar refractivity (Wildman–Crippen MR) is 69.4 cm³/mol. The normalized spacial score (nSPS) is 26.0. The van der Waals surface area contributed by atoms with Gasteiger partial charge in [-0.2, -0.15) is 0 Å². The van der Waals surface area contributed by atoms with Crippen molar-refractivity contribution >= 4 is 5.97 Å². The van der Waals surface area contributed by atoms with Crippen molar-refractivity contribution in [3.63, 3.8) is 0 Å². The Bertz CT molecular complexity index is 516. The van der Waals surface area contributed by atoms with Gasteiger partial charge in [-0.3, -0.25) is 0 Å². The molecule has 94 valence electrons. The van der Waals surface area contributed by atoms with Gasteiger partial charge in [0.15, 0.2) is 0 Å². The van der Waals surface area contributed by atoms with E-state index in [1.165, 1.54) is 6.07 Å². The molecule has 0 heterocycles. The highest BCUT2D eigenvalue weighted by molar-refractivity contribution is 5.92. The molecule has 1 aromatic rings. The van der Waals surface area contributed by atoms with Crippen LogP contribution in [0.4, 0.5) is 0 Å². The van der Waals surface area contributed by atoms with E-state index >= 15 is 0 Å². The topological polar surface area (TPSA) is 46.5 Å². The van der Waals surface area contributed by atoms with E-state index in [4.69, 9.17) is 4.74 Å². The third kappa shape index (κ3) is 2.30. The predicted octanol–water partition coefficient (Wildman–Crippen LogP) is 3.07. The Hall–Kier alpha value is -2.03. The zero-order valence-electron chi connectivity index (χ0n) is 10.5. The third-order valence-corrected chi connectivity index (χ3v) is 3.28. The van der Waals surface area contributed by atoms with Crippen molar-refractivity contribution in [1.29, 1.82) is 0 Å². The highest BCUT2D eigenvalue weighted by atomic mass is 16.6. The number of ether oxygens (including phenoxy) is 1. The first kappa shape index (κ1) is 12.4. The van der Waals surface area contributed by atoms with E-state index in [0.29, 0.717) is 0 Å². The van der Waals surface area contributed by atoms with Gasteiger partial charge in [0, 0.05) is 5.92 Å². The van der Waals surface area contributed by atoms with Crippen molar-refractivity contribution in [3.05, 3.63) is 54.1 Å². The highest BCUT2D eigenvalue weighted by Gasteiger charge is 2.33. The molecule has 0 saturated heterocycles. The Morgan fingerprint density at radius 1 is 1.33 bits per heavy atom. The smallest absolute Gasteiger partial charge is 0.342 e. The average molecular weight is 244 g/mol. The first-order chi connectivity index (χ1) is 8.53. The van der Waals surface area contributed by atoms with Gasteiger partial charge >= 0.3 is 5.97 Å². The molecule has 0 spiro atoms. The molecule has 1 aliphatic rings. The monoisotopic (exact) mass is 244 g/mol. The summed E-state index contributed by atoms with van der Waals surface area (Å²) in [5, 5.41) is 9.63. The maximum Gasteiger partial charge on any atom is 0.342 e. The molecule has 1 aromatic carbocycles. The molecule has 0 radical (unpaired) electrons. The van der Waals surface area contributed by atoms with Crippen LogP contribution < -0.4 is 0 Å². The number of esters is 1. The fourth-order valence-corrected chi connectivity index (χ4v) is 1.85. The summed E-state index contributed by atoms with van der Waals surface area (Å²) in [7, 11) is 0. The van der Waals surface area contributed by atoms with Gasteiger partial charge in [-0.25, -0.2) is 4.79 Å². The number of phenols is 1. The van der Waals surface area contributed by atoms with Crippen LogP contribution >= 0.6 is 0 Å². The summed E-state index contributed by atoms with van der Waals surface area (Å²) in [5.41, 5.74) is -0.484. The molecule has 18 heavy (non-hydrogen) atoms. The SMILES string of the molecule is CC1C=CC=CC1(C)OC(=O)c1ccccc1O. The van der Waals surface area contributed by atoms with Gasteiger partial charge in [-0.1, -0.05) is 37.3 Å². The lowest BCUT2D eigenvalue weighted by molar-refractivity contribution is -0.00325. The molecule has 0 amide bonds. The second-order valence-electron chi connectivity index (χ2n) is 4.62. The zero-order valence-corrected chi connectivity index (χ0v) is 10.5. The molecular weight excluding hydrogens is 228 g/mol. The molecule has 0 fully saturated rings.